The van der Waals surface area contributed by atoms with Crippen LogP contribution in [0.1, 0.15) is 16.5 Å². The summed E-state index contributed by atoms with van der Waals surface area (Å²) in [7, 11) is 0. The smallest absolute Gasteiger partial charge is 0.415 e. The highest BCUT2D eigenvalue weighted by atomic mass is 32.1. The molecule has 2 aromatic rings. The van der Waals surface area contributed by atoms with Gasteiger partial charge in [-0.25, -0.2) is 4.79 Å². The van der Waals surface area contributed by atoms with Crippen LogP contribution in [0.3, 0.4) is 0 Å². The number of imide groups is 1. The number of cyclic esters (lactones) is 1. The molecule has 1 aromatic heterocycles. The monoisotopic (exact) mass is 316 g/mol. The predicted octanol–water partition coefficient (Wildman–Crippen LogP) is 2.24. The van der Waals surface area contributed by atoms with Crippen molar-refractivity contribution < 1.29 is 19.1 Å². The van der Waals surface area contributed by atoms with Crippen molar-refractivity contribution >= 4 is 34.9 Å². The third-order valence-corrected chi connectivity index (χ3v) is 3.98. The highest BCUT2D eigenvalue weighted by Gasteiger charge is 2.33. The summed E-state index contributed by atoms with van der Waals surface area (Å²) in [5.74, 6) is -0.597. The van der Waals surface area contributed by atoms with Crippen molar-refractivity contribution in [2.24, 2.45) is 0 Å². The van der Waals surface area contributed by atoms with Crippen LogP contribution in [0.2, 0.25) is 0 Å². The van der Waals surface area contributed by atoms with Gasteiger partial charge in [-0.15, -0.1) is 11.3 Å². The van der Waals surface area contributed by atoms with E-state index in [-0.39, 0.29) is 5.91 Å². The Morgan fingerprint density at radius 3 is 2.59 bits per heavy atom. The minimum Gasteiger partial charge on any atom is -0.431 e. The Kier molecular flexibility index (Phi) is 3.88. The third-order valence-electron chi connectivity index (χ3n) is 3.10. The van der Waals surface area contributed by atoms with Gasteiger partial charge < -0.3 is 10.1 Å². The molecule has 2 N–H and O–H groups in total. The topological polar surface area (TPSA) is 84.5 Å². The van der Waals surface area contributed by atoms with E-state index >= 15 is 0 Å². The summed E-state index contributed by atoms with van der Waals surface area (Å²) < 4.78 is 4.87. The van der Waals surface area contributed by atoms with E-state index in [4.69, 9.17) is 4.74 Å². The van der Waals surface area contributed by atoms with Crippen molar-refractivity contribution in [2.75, 3.05) is 5.32 Å². The van der Waals surface area contributed by atoms with Crippen molar-refractivity contribution in [3.63, 3.8) is 0 Å². The predicted molar refractivity (Wildman–Crippen MR) is 80.5 cm³/mol. The number of nitrogens with one attached hydrogen (secondary N) is 2. The van der Waals surface area contributed by atoms with Crippen LogP contribution in [-0.2, 0) is 20.7 Å². The first-order valence-electron chi connectivity index (χ1n) is 6.55. The number of rotatable bonds is 4. The molecule has 3 amide bonds. The van der Waals surface area contributed by atoms with Crippen molar-refractivity contribution in [2.45, 2.75) is 12.5 Å². The normalized spacial score (nSPS) is 17.0. The fraction of sp³-hybridized carbons (Fsp3) is 0.133. The maximum absolute atomic E-state index is 11.9. The Morgan fingerprint density at radius 1 is 1.23 bits per heavy atom. The number of thiophene rings is 1. The van der Waals surface area contributed by atoms with Gasteiger partial charge in [0.25, 0.3) is 5.91 Å². The molecule has 0 bridgehead atoms. The van der Waals surface area contributed by atoms with Crippen LogP contribution in [0, 0.1) is 0 Å². The second-order valence-corrected chi connectivity index (χ2v) is 5.73. The first-order valence-corrected chi connectivity index (χ1v) is 7.43. The number of benzene rings is 1. The largest absolute Gasteiger partial charge is 0.431 e. The Bertz CT molecular complexity index is 710. The average molecular weight is 316 g/mol. The maximum Gasteiger partial charge on any atom is 0.415 e. The molecule has 1 aliphatic rings. The zero-order chi connectivity index (χ0) is 15.5. The lowest BCUT2D eigenvalue weighted by molar-refractivity contribution is -0.123. The molecular formula is C15H12N2O4S. The average Bonchev–Trinajstić information content (AvgIpc) is 3.09. The molecule has 6 nitrogen and oxygen atoms in total. The summed E-state index contributed by atoms with van der Waals surface area (Å²) in [6.07, 6.45) is -1.35. The Labute approximate surface area is 130 Å². The molecule has 1 aromatic carbocycles. The summed E-state index contributed by atoms with van der Waals surface area (Å²) >= 11 is 1.53. The number of ether oxygens (including phenoxy) is 1. The quantitative estimate of drug-likeness (QED) is 0.906. The van der Waals surface area contributed by atoms with E-state index in [0.29, 0.717) is 17.7 Å². The molecule has 0 spiro atoms. The van der Waals surface area contributed by atoms with Crippen LogP contribution in [-0.4, -0.2) is 17.9 Å². The number of anilines is 1. The van der Waals surface area contributed by atoms with Crippen LogP contribution in [0.5, 0.6) is 0 Å². The van der Waals surface area contributed by atoms with Gasteiger partial charge in [0.05, 0.1) is 6.42 Å². The molecule has 22 heavy (non-hydrogen) atoms. The molecule has 0 saturated carbocycles. The lowest BCUT2D eigenvalue weighted by Crippen LogP contribution is -2.20. The molecule has 1 saturated heterocycles. The van der Waals surface area contributed by atoms with Crippen LogP contribution in [0.25, 0.3) is 0 Å². The summed E-state index contributed by atoms with van der Waals surface area (Å²) in [4.78, 5) is 35.4. The van der Waals surface area contributed by atoms with Crippen LogP contribution in [0.4, 0.5) is 10.5 Å². The maximum atomic E-state index is 11.9. The standard InChI is InChI=1S/C15H12N2O4S/c18-12(8-11-2-1-7-22-11)16-10-5-3-9(4-6-10)13-14(19)17-15(20)21-13/h1-7,13H,8H2,(H,16,18)(H,17,19,20). The van der Waals surface area contributed by atoms with Gasteiger partial charge in [0, 0.05) is 16.1 Å². The van der Waals surface area contributed by atoms with E-state index in [2.05, 4.69) is 10.6 Å². The van der Waals surface area contributed by atoms with E-state index in [1.54, 1.807) is 24.3 Å². The molecular weight excluding hydrogens is 304 g/mol. The van der Waals surface area contributed by atoms with Crippen molar-refractivity contribution in [3.05, 3.63) is 52.2 Å². The van der Waals surface area contributed by atoms with Crippen LogP contribution < -0.4 is 10.6 Å². The minimum absolute atomic E-state index is 0.111. The van der Waals surface area contributed by atoms with Crippen LogP contribution >= 0.6 is 11.3 Å². The number of carbonyl (C=O) groups excluding carboxylic acids is 3. The zero-order valence-electron chi connectivity index (χ0n) is 11.4. The Balaban J connectivity index is 1.63. The van der Waals surface area contributed by atoms with Crippen LogP contribution in [0.15, 0.2) is 41.8 Å². The molecule has 0 radical (unpaired) electrons. The van der Waals surface area contributed by atoms with Gasteiger partial charge in [-0.1, -0.05) is 18.2 Å². The number of alkyl carbamates (subject to hydrolysis) is 1. The summed E-state index contributed by atoms with van der Waals surface area (Å²) in [6, 6.07) is 10.4. The summed E-state index contributed by atoms with van der Waals surface area (Å²) in [5.41, 5.74) is 1.18. The van der Waals surface area contributed by atoms with E-state index in [1.807, 2.05) is 17.5 Å². The van der Waals surface area contributed by atoms with Gasteiger partial charge in [0.15, 0.2) is 0 Å². The molecule has 1 atom stereocenters. The van der Waals surface area contributed by atoms with Gasteiger partial charge in [0.2, 0.25) is 12.0 Å². The fourth-order valence-electron chi connectivity index (χ4n) is 2.09. The van der Waals surface area contributed by atoms with Crippen molar-refractivity contribution in [3.8, 4) is 0 Å². The fourth-order valence-corrected chi connectivity index (χ4v) is 2.80. The number of amides is 3. The number of hydrogen-bond donors (Lipinski definition) is 2. The molecule has 3 rings (SSSR count). The van der Waals surface area contributed by atoms with E-state index in [9.17, 15) is 14.4 Å². The number of hydrogen-bond acceptors (Lipinski definition) is 5. The van der Waals surface area contributed by atoms with Gasteiger partial charge >= 0.3 is 6.09 Å². The van der Waals surface area contributed by atoms with Gasteiger partial charge in [-0.05, 0) is 23.6 Å². The van der Waals surface area contributed by atoms with Crippen molar-refractivity contribution in [1.29, 1.82) is 0 Å². The lowest BCUT2D eigenvalue weighted by Gasteiger charge is -2.08. The second-order valence-electron chi connectivity index (χ2n) is 4.70. The summed E-state index contributed by atoms with van der Waals surface area (Å²) in [5, 5.41) is 6.77. The van der Waals surface area contributed by atoms with E-state index in [0.717, 1.165) is 4.88 Å². The summed E-state index contributed by atoms with van der Waals surface area (Å²) in [6.45, 7) is 0. The van der Waals surface area contributed by atoms with Crippen molar-refractivity contribution in [1.82, 2.24) is 5.32 Å². The molecule has 2 heterocycles. The SMILES string of the molecule is O=C(Cc1cccs1)Nc1ccc(C2OC(=O)NC2=O)cc1. The van der Waals surface area contributed by atoms with Gasteiger partial charge in [-0.3, -0.25) is 14.9 Å². The zero-order valence-corrected chi connectivity index (χ0v) is 12.2. The first-order chi connectivity index (χ1) is 10.6. The van der Waals surface area contributed by atoms with Gasteiger partial charge in [0.1, 0.15) is 0 Å². The highest BCUT2D eigenvalue weighted by Crippen LogP contribution is 2.23. The molecule has 1 aliphatic heterocycles. The second kappa shape index (κ2) is 5.98. The molecule has 0 aliphatic carbocycles. The Hall–Kier alpha value is -2.67. The molecule has 7 heteroatoms. The minimum atomic E-state index is -0.927. The molecule has 1 unspecified atom stereocenters. The molecule has 1 fully saturated rings. The highest BCUT2D eigenvalue weighted by molar-refractivity contribution is 7.10. The third kappa shape index (κ3) is 3.15. The van der Waals surface area contributed by atoms with Gasteiger partial charge in [-0.2, -0.15) is 0 Å². The lowest BCUT2D eigenvalue weighted by atomic mass is 10.1. The van der Waals surface area contributed by atoms with E-state index < -0.39 is 18.1 Å². The number of carbonyl (C=O) groups is 3. The molecule has 112 valence electrons. The van der Waals surface area contributed by atoms with E-state index in [1.165, 1.54) is 11.3 Å². The first kappa shape index (κ1) is 14.3. The Morgan fingerprint density at radius 2 is 2.00 bits per heavy atom.